The molecule has 0 aliphatic carbocycles. The van der Waals surface area contributed by atoms with E-state index in [1.54, 1.807) is 27.0 Å². The van der Waals surface area contributed by atoms with Gasteiger partial charge >= 0.3 is 0 Å². The highest BCUT2D eigenvalue weighted by atomic mass is 35.5. The van der Waals surface area contributed by atoms with Crippen LogP contribution in [-0.4, -0.2) is 28.5 Å². The molecule has 82 valence electrons. The number of amides is 1. The van der Waals surface area contributed by atoms with Crippen LogP contribution in [0.1, 0.15) is 13.8 Å². The largest absolute Gasteiger partial charge is 0.309 e. The van der Waals surface area contributed by atoms with Gasteiger partial charge in [0.05, 0.1) is 5.54 Å². The fraction of sp³-hybridized carbons (Fsp3) is 0.444. The maximum absolute atomic E-state index is 11.7. The molecule has 1 rings (SSSR count). The van der Waals surface area contributed by atoms with Gasteiger partial charge in [0.15, 0.2) is 0 Å². The number of carbonyl (C=O) groups is 1. The molecule has 1 amide bonds. The smallest absolute Gasteiger partial charge is 0.245 e. The van der Waals surface area contributed by atoms with E-state index >= 15 is 0 Å². The molecular formula is C9H13ClN4O. The van der Waals surface area contributed by atoms with Crippen LogP contribution in [0, 0.1) is 0 Å². The van der Waals surface area contributed by atoms with Crippen LogP contribution < -0.4 is 10.6 Å². The molecule has 0 bridgehead atoms. The van der Waals surface area contributed by atoms with E-state index in [9.17, 15) is 4.79 Å². The molecule has 0 aromatic carbocycles. The molecule has 0 fully saturated rings. The zero-order valence-corrected chi connectivity index (χ0v) is 9.59. The van der Waals surface area contributed by atoms with E-state index in [1.807, 2.05) is 0 Å². The van der Waals surface area contributed by atoms with Crippen LogP contribution in [0.25, 0.3) is 0 Å². The number of hydrogen-bond donors (Lipinski definition) is 2. The molecule has 15 heavy (non-hydrogen) atoms. The summed E-state index contributed by atoms with van der Waals surface area (Å²) >= 11 is 5.59. The Labute approximate surface area is 93.3 Å². The lowest BCUT2D eigenvalue weighted by Crippen LogP contribution is -2.48. The summed E-state index contributed by atoms with van der Waals surface area (Å²) in [6, 6.07) is 1.58. The minimum absolute atomic E-state index is 0.107. The van der Waals surface area contributed by atoms with Gasteiger partial charge in [-0.2, -0.15) is 0 Å². The Morgan fingerprint density at radius 3 is 2.73 bits per heavy atom. The topological polar surface area (TPSA) is 66.9 Å². The molecule has 0 aliphatic heterocycles. The summed E-state index contributed by atoms with van der Waals surface area (Å²) in [5.74, 6) is 0.211. The van der Waals surface area contributed by atoms with Crippen molar-refractivity contribution in [1.82, 2.24) is 15.3 Å². The predicted molar refractivity (Wildman–Crippen MR) is 58.8 cm³/mol. The zero-order chi connectivity index (χ0) is 11.5. The third-order valence-corrected chi connectivity index (χ3v) is 2.24. The Hall–Kier alpha value is -1.20. The zero-order valence-electron chi connectivity index (χ0n) is 8.84. The second kappa shape index (κ2) is 4.55. The van der Waals surface area contributed by atoms with E-state index in [1.165, 1.54) is 6.20 Å². The van der Waals surface area contributed by atoms with Gasteiger partial charge in [-0.05, 0) is 38.6 Å². The molecule has 0 aliphatic rings. The first kappa shape index (κ1) is 11.9. The number of aromatic nitrogens is 2. The fourth-order valence-corrected chi connectivity index (χ4v) is 0.938. The molecule has 0 radical (unpaired) electrons. The number of rotatable bonds is 3. The molecule has 2 N–H and O–H groups in total. The number of hydrogen-bond acceptors (Lipinski definition) is 4. The van der Waals surface area contributed by atoms with Gasteiger partial charge < -0.3 is 10.6 Å². The molecule has 0 unspecified atom stereocenters. The monoisotopic (exact) mass is 228 g/mol. The highest BCUT2D eigenvalue weighted by Crippen LogP contribution is 2.09. The molecule has 1 aromatic heterocycles. The van der Waals surface area contributed by atoms with Gasteiger partial charge in [0, 0.05) is 6.20 Å². The summed E-state index contributed by atoms with van der Waals surface area (Å²) in [5, 5.41) is 5.63. The van der Waals surface area contributed by atoms with Crippen molar-refractivity contribution in [2.45, 2.75) is 19.4 Å². The molecule has 5 nitrogen and oxygen atoms in total. The van der Waals surface area contributed by atoms with Crippen LogP contribution in [0.2, 0.25) is 5.28 Å². The molecule has 0 spiro atoms. The van der Waals surface area contributed by atoms with Gasteiger partial charge in [-0.1, -0.05) is 0 Å². The fourth-order valence-electron chi connectivity index (χ4n) is 0.791. The lowest BCUT2D eigenvalue weighted by molar-refractivity contribution is -0.121. The summed E-state index contributed by atoms with van der Waals surface area (Å²) in [6.07, 6.45) is 1.48. The van der Waals surface area contributed by atoms with E-state index in [4.69, 9.17) is 11.6 Å². The molecule has 6 heteroatoms. The predicted octanol–water partition coefficient (Wildman–Crippen LogP) is 1.07. The molecular weight excluding hydrogens is 216 g/mol. The SMILES string of the molecule is CNC(C)(C)C(=O)Nc1ccnc(Cl)n1. The van der Waals surface area contributed by atoms with Crippen molar-refractivity contribution >= 4 is 23.3 Å². The molecule has 0 saturated heterocycles. The minimum Gasteiger partial charge on any atom is -0.309 e. The van der Waals surface area contributed by atoms with Gasteiger partial charge in [0.2, 0.25) is 11.2 Å². The van der Waals surface area contributed by atoms with Gasteiger partial charge in [-0.15, -0.1) is 0 Å². The number of halogens is 1. The van der Waals surface area contributed by atoms with Crippen molar-refractivity contribution in [2.24, 2.45) is 0 Å². The number of likely N-dealkylation sites (N-methyl/N-ethyl adjacent to an activating group) is 1. The Bertz CT molecular complexity index is 367. The van der Waals surface area contributed by atoms with Crippen LogP contribution in [-0.2, 0) is 4.79 Å². The highest BCUT2D eigenvalue weighted by molar-refractivity contribution is 6.28. The van der Waals surface area contributed by atoms with Crippen LogP contribution in [0.15, 0.2) is 12.3 Å². The molecule has 1 aromatic rings. The summed E-state index contributed by atoms with van der Waals surface area (Å²) in [4.78, 5) is 19.3. The molecule has 1 heterocycles. The average molecular weight is 229 g/mol. The van der Waals surface area contributed by atoms with Crippen LogP contribution >= 0.6 is 11.6 Å². The Kier molecular flexibility index (Phi) is 3.60. The van der Waals surface area contributed by atoms with Crippen LogP contribution in [0.5, 0.6) is 0 Å². The van der Waals surface area contributed by atoms with Gasteiger partial charge in [-0.25, -0.2) is 9.97 Å². The van der Waals surface area contributed by atoms with Gasteiger partial charge in [0.1, 0.15) is 5.82 Å². The number of anilines is 1. The molecule has 0 saturated carbocycles. The quantitative estimate of drug-likeness (QED) is 0.760. The summed E-state index contributed by atoms with van der Waals surface area (Å²) in [6.45, 7) is 3.54. The van der Waals surface area contributed by atoms with Crippen molar-refractivity contribution in [2.75, 3.05) is 12.4 Å². The Balaban J connectivity index is 2.75. The normalized spacial score (nSPS) is 11.2. The number of carbonyl (C=O) groups excluding carboxylic acids is 1. The summed E-state index contributed by atoms with van der Waals surface area (Å²) in [7, 11) is 1.71. The van der Waals surface area contributed by atoms with Crippen molar-refractivity contribution in [3.63, 3.8) is 0 Å². The van der Waals surface area contributed by atoms with Crippen molar-refractivity contribution in [3.8, 4) is 0 Å². The van der Waals surface area contributed by atoms with E-state index in [-0.39, 0.29) is 11.2 Å². The summed E-state index contributed by atoms with van der Waals surface area (Å²) < 4.78 is 0. The van der Waals surface area contributed by atoms with Crippen LogP contribution in [0.3, 0.4) is 0 Å². The Morgan fingerprint density at radius 1 is 1.53 bits per heavy atom. The highest BCUT2D eigenvalue weighted by Gasteiger charge is 2.25. The van der Waals surface area contributed by atoms with Crippen molar-refractivity contribution in [3.05, 3.63) is 17.5 Å². The van der Waals surface area contributed by atoms with E-state index in [0.29, 0.717) is 5.82 Å². The second-order valence-electron chi connectivity index (χ2n) is 3.54. The second-order valence-corrected chi connectivity index (χ2v) is 3.88. The lowest BCUT2D eigenvalue weighted by atomic mass is 10.1. The number of nitrogens with zero attached hydrogens (tertiary/aromatic N) is 2. The third-order valence-electron chi connectivity index (χ3n) is 2.06. The standard InChI is InChI=1S/C9H13ClN4O/c1-9(2,11-3)7(15)13-6-4-5-12-8(10)14-6/h4-5,11H,1-3H3,(H,12,13,14,15). The minimum atomic E-state index is -0.655. The number of nitrogens with one attached hydrogen (secondary N) is 2. The van der Waals surface area contributed by atoms with Crippen molar-refractivity contribution in [1.29, 1.82) is 0 Å². The average Bonchev–Trinajstić information content (AvgIpc) is 2.17. The Morgan fingerprint density at radius 2 is 2.20 bits per heavy atom. The van der Waals surface area contributed by atoms with E-state index in [0.717, 1.165) is 0 Å². The lowest BCUT2D eigenvalue weighted by Gasteiger charge is -2.22. The maximum Gasteiger partial charge on any atom is 0.245 e. The van der Waals surface area contributed by atoms with Gasteiger partial charge in [0.25, 0.3) is 0 Å². The first-order valence-electron chi connectivity index (χ1n) is 4.44. The first-order chi connectivity index (χ1) is 6.95. The van der Waals surface area contributed by atoms with E-state index in [2.05, 4.69) is 20.6 Å². The van der Waals surface area contributed by atoms with E-state index < -0.39 is 5.54 Å². The van der Waals surface area contributed by atoms with Crippen molar-refractivity contribution < 1.29 is 4.79 Å². The first-order valence-corrected chi connectivity index (χ1v) is 4.82. The van der Waals surface area contributed by atoms with Crippen LogP contribution in [0.4, 0.5) is 5.82 Å². The summed E-state index contributed by atoms with van der Waals surface area (Å²) in [5.41, 5.74) is -0.655. The van der Waals surface area contributed by atoms with Gasteiger partial charge in [-0.3, -0.25) is 4.79 Å². The maximum atomic E-state index is 11.7. The molecule has 0 atom stereocenters. The third kappa shape index (κ3) is 3.14.